The first kappa shape index (κ1) is 7.98. The van der Waals surface area contributed by atoms with Crippen LogP contribution in [0.5, 0.6) is 0 Å². The maximum atomic E-state index is 12.5. The third-order valence-corrected chi connectivity index (χ3v) is 2.27. The van der Waals surface area contributed by atoms with Gasteiger partial charge in [-0.1, -0.05) is 28.7 Å². The monoisotopic (exact) mass is 250 g/mol. The van der Waals surface area contributed by atoms with Gasteiger partial charge in [0.25, 0.3) is 0 Å². The standard InChI is InChI=1S/C8H8FI/c1-6-4-8(9)3-2-7(6)5-10/h2-4H,5H2,1H3. The zero-order valence-electron chi connectivity index (χ0n) is 5.70. The highest BCUT2D eigenvalue weighted by Crippen LogP contribution is 2.12. The quantitative estimate of drug-likeness (QED) is 0.530. The molecule has 0 amide bonds. The lowest BCUT2D eigenvalue weighted by Gasteiger charge is -1.99. The maximum absolute atomic E-state index is 12.5. The molecule has 0 fully saturated rings. The summed E-state index contributed by atoms with van der Waals surface area (Å²) in [5, 5.41) is 0. The van der Waals surface area contributed by atoms with E-state index >= 15 is 0 Å². The summed E-state index contributed by atoms with van der Waals surface area (Å²) in [5.74, 6) is -0.147. The van der Waals surface area contributed by atoms with Crippen LogP contribution >= 0.6 is 22.6 Å². The number of halogens is 2. The van der Waals surface area contributed by atoms with Gasteiger partial charge < -0.3 is 0 Å². The molecule has 0 aliphatic carbocycles. The lowest BCUT2D eigenvalue weighted by molar-refractivity contribution is 0.626. The van der Waals surface area contributed by atoms with Gasteiger partial charge in [-0.3, -0.25) is 0 Å². The van der Waals surface area contributed by atoms with Gasteiger partial charge in [0.1, 0.15) is 5.82 Å². The van der Waals surface area contributed by atoms with E-state index in [9.17, 15) is 4.39 Å². The van der Waals surface area contributed by atoms with Crippen LogP contribution in [0.4, 0.5) is 4.39 Å². The molecule has 0 radical (unpaired) electrons. The topological polar surface area (TPSA) is 0 Å². The molecular formula is C8H8FI. The molecule has 1 aromatic carbocycles. The van der Waals surface area contributed by atoms with E-state index in [-0.39, 0.29) is 5.82 Å². The fourth-order valence-electron chi connectivity index (χ4n) is 0.809. The van der Waals surface area contributed by atoms with Crippen LogP contribution in [0, 0.1) is 12.7 Å². The van der Waals surface area contributed by atoms with Crippen LogP contribution < -0.4 is 0 Å². The van der Waals surface area contributed by atoms with E-state index in [0.29, 0.717) is 0 Å². The molecule has 0 heterocycles. The van der Waals surface area contributed by atoms with Crippen molar-refractivity contribution in [3.8, 4) is 0 Å². The largest absolute Gasteiger partial charge is 0.207 e. The Balaban J connectivity index is 3.07. The summed E-state index contributed by atoms with van der Waals surface area (Å²) in [4.78, 5) is 0. The second kappa shape index (κ2) is 3.32. The number of hydrogen-bond donors (Lipinski definition) is 0. The van der Waals surface area contributed by atoms with Gasteiger partial charge in [0.05, 0.1) is 0 Å². The molecule has 1 rings (SSSR count). The number of alkyl halides is 1. The first-order chi connectivity index (χ1) is 4.74. The second-order valence-corrected chi connectivity index (χ2v) is 2.97. The summed E-state index contributed by atoms with van der Waals surface area (Å²) < 4.78 is 13.4. The Bertz CT molecular complexity index is 233. The predicted molar refractivity (Wildman–Crippen MR) is 48.9 cm³/mol. The van der Waals surface area contributed by atoms with E-state index in [0.717, 1.165) is 9.99 Å². The Kier molecular flexibility index (Phi) is 2.65. The van der Waals surface area contributed by atoms with Gasteiger partial charge in [0.15, 0.2) is 0 Å². The van der Waals surface area contributed by atoms with Crippen molar-refractivity contribution in [1.29, 1.82) is 0 Å². The molecule has 2 heteroatoms. The van der Waals surface area contributed by atoms with E-state index in [4.69, 9.17) is 0 Å². The third-order valence-electron chi connectivity index (χ3n) is 1.45. The van der Waals surface area contributed by atoms with Crippen LogP contribution in [-0.2, 0) is 4.43 Å². The minimum absolute atomic E-state index is 0.147. The van der Waals surface area contributed by atoms with E-state index < -0.39 is 0 Å². The van der Waals surface area contributed by atoms with Crippen molar-refractivity contribution >= 4 is 22.6 Å². The first-order valence-electron chi connectivity index (χ1n) is 3.05. The Labute approximate surface area is 73.6 Å². The molecule has 0 atom stereocenters. The molecule has 54 valence electrons. The Hall–Kier alpha value is -0.120. The molecule has 0 aromatic heterocycles. The number of benzene rings is 1. The molecule has 0 bridgehead atoms. The van der Waals surface area contributed by atoms with Crippen LogP contribution in [0.25, 0.3) is 0 Å². The lowest BCUT2D eigenvalue weighted by atomic mass is 10.1. The van der Waals surface area contributed by atoms with Crippen molar-refractivity contribution in [2.45, 2.75) is 11.4 Å². The van der Waals surface area contributed by atoms with Crippen LogP contribution in [0.15, 0.2) is 18.2 Å². The lowest BCUT2D eigenvalue weighted by Crippen LogP contribution is -1.84. The Morgan fingerprint density at radius 3 is 2.70 bits per heavy atom. The summed E-state index contributed by atoms with van der Waals surface area (Å²) in [5.41, 5.74) is 2.25. The summed E-state index contributed by atoms with van der Waals surface area (Å²) in [7, 11) is 0. The highest BCUT2D eigenvalue weighted by molar-refractivity contribution is 14.1. The fraction of sp³-hybridized carbons (Fsp3) is 0.250. The number of rotatable bonds is 1. The maximum Gasteiger partial charge on any atom is 0.123 e. The molecule has 0 aliphatic heterocycles. The molecule has 0 saturated heterocycles. The molecule has 0 nitrogen and oxygen atoms in total. The summed E-state index contributed by atoms with van der Waals surface area (Å²) in [6.07, 6.45) is 0. The normalized spacial score (nSPS) is 9.90. The van der Waals surface area contributed by atoms with E-state index in [2.05, 4.69) is 22.6 Å². The fourth-order valence-corrected chi connectivity index (χ4v) is 1.67. The highest BCUT2D eigenvalue weighted by atomic mass is 127. The molecule has 0 saturated carbocycles. The van der Waals surface area contributed by atoms with Crippen molar-refractivity contribution in [1.82, 2.24) is 0 Å². The van der Waals surface area contributed by atoms with Crippen LogP contribution in [0.3, 0.4) is 0 Å². The number of aryl methyl sites for hydroxylation is 1. The average Bonchev–Trinajstić information content (AvgIpc) is 1.88. The van der Waals surface area contributed by atoms with Crippen molar-refractivity contribution < 1.29 is 4.39 Å². The predicted octanol–water partition coefficient (Wildman–Crippen LogP) is 3.07. The highest BCUT2D eigenvalue weighted by Gasteiger charge is 1.96. The summed E-state index contributed by atoms with van der Waals surface area (Å²) in [6, 6.07) is 4.89. The smallest absolute Gasteiger partial charge is 0.123 e. The van der Waals surface area contributed by atoms with E-state index in [1.54, 1.807) is 6.07 Å². The van der Waals surface area contributed by atoms with Crippen LogP contribution in [-0.4, -0.2) is 0 Å². The van der Waals surface area contributed by atoms with E-state index in [1.165, 1.54) is 11.6 Å². The van der Waals surface area contributed by atoms with Crippen molar-refractivity contribution in [2.75, 3.05) is 0 Å². The van der Waals surface area contributed by atoms with Crippen molar-refractivity contribution in [3.05, 3.63) is 35.1 Å². The summed E-state index contributed by atoms with van der Waals surface area (Å²) in [6.45, 7) is 1.93. The Morgan fingerprint density at radius 1 is 1.50 bits per heavy atom. The second-order valence-electron chi connectivity index (χ2n) is 2.20. The molecule has 10 heavy (non-hydrogen) atoms. The molecule has 0 unspecified atom stereocenters. The van der Waals surface area contributed by atoms with Gasteiger partial charge in [-0.2, -0.15) is 0 Å². The van der Waals surface area contributed by atoms with Gasteiger partial charge in [-0.05, 0) is 30.2 Å². The van der Waals surface area contributed by atoms with Gasteiger partial charge in [0.2, 0.25) is 0 Å². The minimum atomic E-state index is -0.147. The van der Waals surface area contributed by atoms with E-state index in [1.807, 2.05) is 13.0 Å². The number of hydrogen-bond acceptors (Lipinski definition) is 0. The molecule has 0 aliphatic rings. The van der Waals surface area contributed by atoms with Gasteiger partial charge in [-0.25, -0.2) is 4.39 Å². The summed E-state index contributed by atoms with van der Waals surface area (Å²) >= 11 is 2.27. The van der Waals surface area contributed by atoms with Crippen molar-refractivity contribution in [2.24, 2.45) is 0 Å². The molecule has 0 N–H and O–H groups in total. The van der Waals surface area contributed by atoms with Gasteiger partial charge in [-0.15, -0.1) is 0 Å². The molecular weight excluding hydrogens is 242 g/mol. The van der Waals surface area contributed by atoms with Gasteiger partial charge in [0, 0.05) is 4.43 Å². The van der Waals surface area contributed by atoms with Gasteiger partial charge >= 0.3 is 0 Å². The Morgan fingerprint density at radius 2 is 2.20 bits per heavy atom. The van der Waals surface area contributed by atoms with Crippen LogP contribution in [0.1, 0.15) is 11.1 Å². The molecule has 1 aromatic rings. The SMILES string of the molecule is Cc1cc(F)ccc1CI. The zero-order chi connectivity index (χ0) is 7.56. The van der Waals surface area contributed by atoms with Crippen molar-refractivity contribution in [3.63, 3.8) is 0 Å². The molecule has 0 spiro atoms. The zero-order valence-corrected chi connectivity index (χ0v) is 7.85. The average molecular weight is 250 g/mol. The first-order valence-corrected chi connectivity index (χ1v) is 4.57. The minimum Gasteiger partial charge on any atom is -0.207 e. The third kappa shape index (κ3) is 1.68. The van der Waals surface area contributed by atoms with Crippen LogP contribution in [0.2, 0.25) is 0 Å².